The van der Waals surface area contributed by atoms with Gasteiger partial charge >= 0.3 is 5.97 Å². The van der Waals surface area contributed by atoms with Crippen molar-refractivity contribution in [2.45, 2.75) is 40.9 Å². The van der Waals surface area contributed by atoms with E-state index in [4.69, 9.17) is 0 Å². The van der Waals surface area contributed by atoms with E-state index >= 15 is 0 Å². The van der Waals surface area contributed by atoms with Gasteiger partial charge in [0.25, 0.3) is 0 Å². The largest absolute Gasteiger partial charge is 0.480 e. The van der Waals surface area contributed by atoms with Gasteiger partial charge in [0, 0.05) is 11.6 Å². The number of carbonyl (C=O) groups is 2. The van der Waals surface area contributed by atoms with E-state index in [9.17, 15) is 27.3 Å². The molecule has 2 aliphatic rings. The molecule has 9 nitrogen and oxygen atoms in total. The lowest BCUT2D eigenvalue weighted by Crippen LogP contribution is -2.71. The molecule has 4 atom stereocenters. The molecule has 0 aliphatic carbocycles. The Balaban J connectivity index is 1.70. The van der Waals surface area contributed by atoms with Crippen LogP contribution in [0.3, 0.4) is 0 Å². The first-order valence-electron chi connectivity index (χ1n) is 8.39. The summed E-state index contributed by atoms with van der Waals surface area (Å²) in [6.07, 6.45) is 1.46. The van der Waals surface area contributed by atoms with Crippen LogP contribution in [0.15, 0.2) is 41.4 Å². The van der Waals surface area contributed by atoms with Crippen molar-refractivity contribution in [1.82, 2.24) is 14.6 Å². The smallest absolute Gasteiger partial charge is 0.328 e. The van der Waals surface area contributed by atoms with E-state index < -0.39 is 54.9 Å². The van der Waals surface area contributed by atoms with Crippen molar-refractivity contribution in [3.8, 4) is 0 Å². The number of benzene rings is 1. The van der Waals surface area contributed by atoms with E-state index in [0.29, 0.717) is 5.39 Å². The summed E-state index contributed by atoms with van der Waals surface area (Å²) in [4.78, 5) is 29.1. The fraction of sp³-hybridized carbons (Fsp3) is 0.353. The first-order valence-corrected chi connectivity index (χ1v) is 11.1. The van der Waals surface area contributed by atoms with Crippen LogP contribution in [0.25, 0.3) is 10.9 Å². The Labute approximate surface area is 163 Å². The second kappa shape index (κ2) is 6.06. The molecule has 1 aromatic carbocycles. The summed E-state index contributed by atoms with van der Waals surface area (Å²) in [5.41, 5.74) is 0.248. The number of aromatic nitrogens is 1. The molecule has 1 amide bonds. The molecule has 3 heterocycles. The number of carboxylic acids is 1. The van der Waals surface area contributed by atoms with E-state index in [2.05, 4.69) is 9.71 Å². The maximum Gasteiger partial charge on any atom is 0.328 e. The molecule has 28 heavy (non-hydrogen) atoms. The third-order valence-electron chi connectivity index (χ3n) is 5.16. The van der Waals surface area contributed by atoms with Crippen molar-refractivity contribution in [1.29, 1.82) is 0 Å². The van der Waals surface area contributed by atoms with Crippen LogP contribution in [0, 0.1) is 0 Å². The molecule has 2 aliphatic heterocycles. The lowest BCUT2D eigenvalue weighted by atomic mass is 9.96. The van der Waals surface area contributed by atoms with Crippen LogP contribution in [0.2, 0.25) is 0 Å². The van der Waals surface area contributed by atoms with Crippen molar-refractivity contribution >= 4 is 43.6 Å². The number of hydrogen-bond acceptors (Lipinski definition) is 6. The number of carbonyl (C=O) groups excluding carboxylic acids is 1. The number of nitrogens with zero attached hydrogens (tertiary/aromatic N) is 2. The number of pyridine rings is 1. The van der Waals surface area contributed by atoms with Crippen LogP contribution in [0.5, 0.6) is 0 Å². The molecule has 2 saturated heterocycles. The minimum atomic E-state index is -4.16. The Morgan fingerprint density at radius 1 is 1.29 bits per heavy atom. The highest BCUT2D eigenvalue weighted by Crippen LogP contribution is 2.43. The van der Waals surface area contributed by atoms with Crippen molar-refractivity contribution in [2.75, 3.05) is 0 Å². The number of amides is 1. The summed E-state index contributed by atoms with van der Waals surface area (Å²) in [7, 11) is -5.92. The monoisotopic (exact) mass is 423 g/mol. The van der Waals surface area contributed by atoms with Crippen LogP contribution in [0.4, 0.5) is 0 Å². The first kappa shape index (κ1) is 19.0. The molecule has 1 unspecified atom stereocenters. The molecule has 0 saturated carbocycles. The number of hydrogen-bond donors (Lipinski definition) is 2. The van der Waals surface area contributed by atoms with Gasteiger partial charge in [0.2, 0.25) is 15.9 Å². The quantitative estimate of drug-likeness (QED) is 0.664. The van der Waals surface area contributed by atoms with Gasteiger partial charge in [-0.3, -0.25) is 14.0 Å². The number of sulfonamides is 1. The Hall–Kier alpha value is -2.37. The van der Waals surface area contributed by atoms with Gasteiger partial charge < -0.3 is 10.0 Å². The molecule has 2 fully saturated rings. The van der Waals surface area contributed by atoms with Crippen LogP contribution in [-0.4, -0.2) is 61.7 Å². The zero-order valence-corrected chi connectivity index (χ0v) is 16.5. The van der Waals surface area contributed by atoms with E-state index in [-0.39, 0.29) is 10.4 Å². The van der Waals surface area contributed by atoms with E-state index in [0.717, 1.165) is 4.90 Å². The number of β-lactam (4-membered cyclic amide) rings is 1. The fourth-order valence-electron chi connectivity index (χ4n) is 3.79. The SMILES string of the molecule is CC1(C)[C@H](C(=O)O)N2C(=O)[C@@H](NS(=O)(=O)c3cccc4cccnc34)[C@H]2S1=O. The molecule has 1 aromatic heterocycles. The summed E-state index contributed by atoms with van der Waals surface area (Å²) in [5.74, 6) is -1.97. The maximum atomic E-state index is 12.9. The normalized spacial score (nSPS) is 28.8. The minimum absolute atomic E-state index is 0.102. The molecule has 148 valence electrons. The van der Waals surface area contributed by atoms with Gasteiger partial charge in [0.1, 0.15) is 22.4 Å². The molecule has 0 spiro atoms. The number of para-hydroxylation sites is 1. The van der Waals surface area contributed by atoms with Crippen LogP contribution < -0.4 is 4.72 Å². The molecule has 0 radical (unpaired) electrons. The standard InChI is InChI=1S/C17H17N3O6S2/c1-17(2)13(16(22)23)20-14(21)12(15(20)27(17)24)19-28(25,26)10-7-3-5-9-6-4-8-18-11(9)10/h3-8,12-13,15,19H,1-2H3,(H,22,23)/t12-,13+,15-,27?/m1/s1. The third kappa shape index (κ3) is 2.50. The number of nitrogens with one attached hydrogen (secondary N) is 1. The minimum Gasteiger partial charge on any atom is -0.480 e. The summed E-state index contributed by atoms with van der Waals surface area (Å²) >= 11 is 0. The van der Waals surface area contributed by atoms with Crippen LogP contribution in [-0.2, 0) is 30.4 Å². The molecule has 2 N–H and O–H groups in total. The van der Waals surface area contributed by atoms with Crippen LogP contribution in [0.1, 0.15) is 13.8 Å². The molecule has 4 rings (SSSR count). The highest BCUT2D eigenvalue weighted by Gasteiger charge is 2.68. The first-order chi connectivity index (χ1) is 13.1. The number of fused-ring (bicyclic) bond motifs is 2. The highest BCUT2D eigenvalue weighted by atomic mass is 32.2. The zero-order chi connectivity index (χ0) is 20.4. The fourth-order valence-corrected chi connectivity index (χ4v) is 7.17. The maximum absolute atomic E-state index is 12.9. The zero-order valence-electron chi connectivity index (χ0n) is 14.9. The van der Waals surface area contributed by atoms with Gasteiger partial charge in [-0.15, -0.1) is 0 Å². The topological polar surface area (TPSA) is 134 Å². The number of rotatable bonds is 4. The summed E-state index contributed by atoms with van der Waals surface area (Å²) in [6, 6.07) is 5.47. The van der Waals surface area contributed by atoms with Crippen molar-refractivity contribution < 1.29 is 27.3 Å². The second-order valence-corrected chi connectivity index (χ2v) is 11.0. The van der Waals surface area contributed by atoms with Crippen molar-refractivity contribution in [3.05, 3.63) is 36.5 Å². The molecular weight excluding hydrogens is 406 g/mol. The van der Waals surface area contributed by atoms with E-state index in [1.165, 1.54) is 26.1 Å². The van der Waals surface area contributed by atoms with Gasteiger partial charge in [-0.1, -0.05) is 18.2 Å². The highest BCUT2D eigenvalue weighted by molar-refractivity contribution is 7.90. The van der Waals surface area contributed by atoms with E-state index in [1.54, 1.807) is 24.3 Å². The Morgan fingerprint density at radius 2 is 1.96 bits per heavy atom. The molecular formula is C17H17N3O6S2. The lowest BCUT2D eigenvalue weighted by molar-refractivity contribution is -0.159. The van der Waals surface area contributed by atoms with E-state index in [1.807, 2.05) is 0 Å². The van der Waals surface area contributed by atoms with Crippen molar-refractivity contribution in [2.24, 2.45) is 0 Å². The summed E-state index contributed by atoms with van der Waals surface area (Å²) in [6.45, 7) is 2.99. The average molecular weight is 423 g/mol. The average Bonchev–Trinajstić information content (AvgIpc) is 2.83. The van der Waals surface area contributed by atoms with Crippen molar-refractivity contribution in [3.63, 3.8) is 0 Å². The van der Waals surface area contributed by atoms with Crippen LogP contribution >= 0.6 is 0 Å². The third-order valence-corrected chi connectivity index (χ3v) is 8.83. The number of aliphatic carboxylic acids is 1. The Kier molecular flexibility index (Phi) is 4.11. The number of carboxylic acid groups (broad SMARTS) is 1. The Bertz CT molecular complexity index is 1140. The van der Waals surface area contributed by atoms with Gasteiger partial charge in [-0.2, -0.15) is 4.72 Å². The summed E-state index contributed by atoms with van der Waals surface area (Å²) < 4.78 is 39.8. The molecule has 0 bridgehead atoms. The van der Waals surface area contributed by atoms with Gasteiger partial charge in [-0.05, 0) is 26.0 Å². The Morgan fingerprint density at radius 3 is 2.64 bits per heavy atom. The second-order valence-electron chi connectivity index (χ2n) is 7.21. The predicted octanol–water partition coefficient (Wildman–Crippen LogP) is 0.0441. The van der Waals surface area contributed by atoms with Gasteiger partial charge in [0.15, 0.2) is 0 Å². The molecule has 11 heteroatoms. The van der Waals surface area contributed by atoms with Gasteiger partial charge in [0.05, 0.1) is 21.1 Å². The predicted molar refractivity (Wildman–Crippen MR) is 100 cm³/mol. The van der Waals surface area contributed by atoms with Gasteiger partial charge in [-0.25, -0.2) is 13.2 Å². The summed E-state index contributed by atoms with van der Waals surface area (Å²) in [5, 5.41) is 9.03. The molecule has 2 aromatic rings. The lowest BCUT2D eigenvalue weighted by Gasteiger charge is -2.42.